The van der Waals surface area contributed by atoms with E-state index in [-0.39, 0.29) is 16.8 Å². The Morgan fingerprint density at radius 2 is 1.90 bits per heavy atom. The van der Waals surface area contributed by atoms with E-state index in [0.29, 0.717) is 29.1 Å². The van der Waals surface area contributed by atoms with Crippen molar-refractivity contribution in [1.29, 1.82) is 0 Å². The number of nitrogens with zero attached hydrogens (tertiary/aromatic N) is 2. The van der Waals surface area contributed by atoms with E-state index in [1.165, 1.54) is 25.3 Å². The SMILES string of the molecule is CCn1c(C(=O)OC)c(-c2ccccc2C(F)(F)F)c2c1-c1ccncc1OC2(C)C. The van der Waals surface area contributed by atoms with Crippen LogP contribution in [0.5, 0.6) is 5.75 Å². The average molecular weight is 430 g/mol. The zero-order valence-electron chi connectivity index (χ0n) is 17.5. The molecule has 3 heterocycles. The van der Waals surface area contributed by atoms with Crippen molar-refractivity contribution in [2.75, 3.05) is 7.11 Å². The highest BCUT2D eigenvalue weighted by atomic mass is 19.4. The van der Waals surface area contributed by atoms with Gasteiger partial charge in [-0.25, -0.2) is 4.79 Å². The molecule has 2 aromatic heterocycles. The molecule has 0 saturated carbocycles. The van der Waals surface area contributed by atoms with Crippen molar-refractivity contribution in [2.24, 2.45) is 0 Å². The third-order valence-electron chi connectivity index (χ3n) is 5.47. The van der Waals surface area contributed by atoms with Crippen molar-refractivity contribution in [3.05, 3.63) is 59.5 Å². The summed E-state index contributed by atoms with van der Waals surface area (Å²) in [6.45, 7) is 5.71. The van der Waals surface area contributed by atoms with Gasteiger partial charge in [0.15, 0.2) is 0 Å². The van der Waals surface area contributed by atoms with Crippen molar-refractivity contribution in [2.45, 2.75) is 39.1 Å². The predicted octanol–water partition coefficient (Wildman–Crippen LogP) is 5.67. The van der Waals surface area contributed by atoms with Gasteiger partial charge in [-0.1, -0.05) is 18.2 Å². The molecule has 0 amide bonds. The molecule has 5 nitrogen and oxygen atoms in total. The van der Waals surface area contributed by atoms with Crippen molar-refractivity contribution < 1.29 is 27.4 Å². The lowest BCUT2D eigenvalue weighted by atomic mass is 9.84. The number of methoxy groups -OCH3 is 1. The highest BCUT2D eigenvalue weighted by molar-refractivity contribution is 6.01. The van der Waals surface area contributed by atoms with Crippen LogP contribution in [0.3, 0.4) is 0 Å². The van der Waals surface area contributed by atoms with Crippen LogP contribution in [0.25, 0.3) is 22.4 Å². The normalized spacial score (nSPS) is 14.4. The second-order valence-corrected chi connectivity index (χ2v) is 7.71. The standard InChI is InChI=1S/C23H21F3N2O3/c1-5-28-19-14-10-11-27-12-16(14)31-22(2,3)18(19)17(20(28)21(29)30-4)13-8-6-7-9-15(13)23(24,25)26/h6-12H,5H2,1-4H3. The van der Waals surface area contributed by atoms with E-state index in [4.69, 9.17) is 9.47 Å². The predicted molar refractivity (Wildman–Crippen MR) is 109 cm³/mol. The Morgan fingerprint density at radius 1 is 1.19 bits per heavy atom. The second kappa shape index (κ2) is 7.14. The number of ether oxygens (including phenoxy) is 2. The van der Waals surface area contributed by atoms with Crippen molar-refractivity contribution in [1.82, 2.24) is 9.55 Å². The number of fused-ring (bicyclic) bond motifs is 3. The smallest absolute Gasteiger partial charge is 0.417 e. The summed E-state index contributed by atoms with van der Waals surface area (Å²) in [6.07, 6.45) is -1.46. The van der Waals surface area contributed by atoms with E-state index in [1.54, 1.807) is 36.9 Å². The largest absolute Gasteiger partial charge is 0.481 e. The summed E-state index contributed by atoms with van der Waals surface area (Å²) in [7, 11) is 1.22. The third kappa shape index (κ3) is 3.17. The molecule has 4 rings (SSSR count). The molecule has 1 aliphatic rings. The fourth-order valence-corrected chi connectivity index (χ4v) is 4.30. The van der Waals surface area contributed by atoms with Crippen molar-refractivity contribution in [3.8, 4) is 28.1 Å². The van der Waals surface area contributed by atoms with Gasteiger partial charge in [-0.15, -0.1) is 0 Å². The Balaban J connectivity index is 2.22. The molecule has 0 bridgehead atoms. The fraction of sp³-hybridized carbons (Fsp3) is 0.304. The monoisotopic (exact) mass is 430 g/mol. The van der Waals surface area contributed by atoms with Crippen LogP contribution in [0.15, 0.2) is 42.7 Å². The highest BCUT2D eigenvalue weighted by Crippen LogP contribution is 2.52. The molecule has 1 aromatic carbocycles. The fourth-order valence-electron chi connectivity index (χ4n) is 4.30. The van der Waals surface area contributed by atoms with Crippen LogP contribution in [0.2, 0.25) is 0 Å². The number of halogens is 3. The van der Waals surface area contributed by atoms with Crippen molar-refractivity contribution >= 4 is 5.97 Å². The minimum Gasteiger partial charge on any atom is -0.481 e. The van der Waals surface area contributed by atoms with Gasteiger partial charge in [-0.2, -0.15) is 13.2 Å². The number of alkyl halides is 3. The number of esters is 1. The van der Waals surface area contributed by atoms with Crippen LogP contribution in [0.4, 0.5) is 13.2 Å². The lowest BCUT2D eigenvalue weighted by molar-refractivity contribution is -0.137. The number of carbonyl (C=O) groups is 1. The van der Waals surface area contributed by atoms with E-state index in [2.05, 4.69) is 4.98 Å². The molecule has 0 atom stereocenters. The maximum Gasteiger partial charge on any atom is 0.417 e. The molecule has 8 heteroatoms. The molecular weight excluding hydrogens is 409 g/mol. The first kappa shape index (κ1) is 21.0. The summed E-state index contributed by atoms with van der Waals surface area (Å²) >= 11 is 0. The van der Waals surface area contributed by atoms with Gasteiger partial charge in [0.1, 0.15) is 17.0 Å². The number of pyridine rings is 1. The quantitative estimate of drug-likeness (QED) is 0.503. The number of benzene rings is 1. The molecule has 0 unspecified atom stereocenters. The molecule has 0 spiro atoms. The molecule has 162 valence electrons. The first-order valence-corrected chi connectivity index (χ1v) is 9.77. The zero-order chi connectivity index (χ0) is 22.6. The van der Waals surface area contributed by atoms with Crippen LogP contribution in [0, 0.1) is 0 Å². The first-order valence-electron chi connectivity index (χ1n) is 9.77. The Morgan fingerprint density at radius 3 is 2.55 bits per heavy atom. The molecule has 31 heavy (non-hydrogen) atoms. The first-order chi connectivity index (χ1) is 14.6. The van der Waals surface area contributed by atoms with E-state index in [0.717, 1.165) is 6.07 Å². The van der Waals surface area contributed by atoms with Crippen LogP contribution in [-0.4, -0.2) is 22.6 Å². The van der Waals surface area contributed by atoms with E-state index >= 15 is 0 Å². The summed E-state index contributed by atoms with van der Waals surface area (Å²) in [5, 5.41) is 0. The second-order valence-electron chi connectivity index (χ2n) is 7.71. The number of hydrogen-bond acceptors (Lipinski definition) is 4. The molecule has 0 radical (unpaired) electrons. The number of rotatable bonds is 3. The number of carbonyl (C=O) groups excluding carboxylic acids is 1. The van der Waals surface area contributed by atoms with E-state index in [1.807, 2.05) is 6.92 Å². The Labute approximate surface area is 177 Å². The van der Waals surface area contributed by atoms with Gasteiger partial charge >= 0.3 is 12.1 Å². The van der Waals surface area contributed by atoms with Gasteiger partial charge < -0.3 is 14.0 Å². The topological polar surface area (TPSA) is 53.4 Å². The number of aromatic nitrogens is 2. The molecule has 0 N–H and O–H groups in total. The minimum atomic E-state index is -4.60. The van der Waals surface area contributed by atoms with E-state index < -0.39 is 23.3 Å². The lowest BCUT2D eigenvalue weighted by Crippen LogP contribution is -2.30. The minimum absolute atomic E-state index is 0.0630. The molecular formula is C23H21F3N2O3. The van der Waals surface area contributed by atoms with Gasteiger partial charge in [-0.3, -0.25) is 4.98 Å². The maximum absolute atomic E-state index is 13.9. The molecule has 3 aromatic rings. The van der Waals surface area contributed by atoms with Gasteiger partial charge in [0.2, 0.25) is 0 Å². The van der Waals surface area contributed by atoms with Gasteiger partial charge in [-0.05, 0) is 38.5 Å². The molecule has 0 fully saturated rings. The summed E-state index contributed by atoms with van der Waals surface area (Å²) in [6, 6.07) is 6.98. The Hall–Kier alpha value is -3.29. The molecule has 0 saturated heterocycles. The van der Waals surface area contributed by atoms with Crippen LogP contribution in [-0.2, 0) is 23.1 Å². The summed E-state index contributed by atoms with van der Waals surface area (Å²) in [4.78, 5) is 17.0. The number of hydrogen-bond donors (Lipinski definition) is 0. The third-order valence-corrected chi connectivity index (χ3v) is 5.47. The molecule has 0 aliphatic carbocycles. The van der Waals surface area contributed by atoms with Gasteiger partial charge in [0.05, 0.1) is 24.6 Å². The summed E-state index contributed by atoms with van der Waals surface area (Å²) in [5.74, 6) is -0.214. The van der Waals surface area contributed by atoms with Crippen molar-refractivity contribution in [3.63, 3.8) is 0 Å². The summed E-state index contributed by atoms with van der Waals surface area (Å²) in [5.41, 5.74) is 0.0845. The van der Waals surface area contributed by atoms with Gasteiger partial charge in [0.25, 0.3) is 0 Å². The zero-order valence-corrected chi connectivity index (χ0v) is 17.5. The van der Waals surface area contributed by atoms with Crippen LogP contribution >= 0.6 is 0 Å². The lowest BCUT2D eigenvalue weighted by Gasteiger charge is -2.34. The van der Waals surface area contributed by atoms with Crippen LogP contribution < -0.4 is 4.74 Å². The Kier molecular flexibility index (Phi) is 4.83. The highest BCUT2D eigenvalue weighted by Gasteiger charge is 2.44. The van der Waals surface area contributed by atoms with Crippen LogP contribution in [0.1, 0.15) is 42.4 Å². The van der Waals surface area contributed by atoms with Gasteiger partial charge in [0, 0.05) is 29.4 Å². The molecule has 1 aliphatic heterocycles. The average Bonchev–Trinajstić information content (AvgIpc) is 3.08. The Bertz CT molecular complexity index is 1180. The van der Waals surface area contributed by atoms with E-state index in [9.17, 15) is 18.0 Å². The summed E-state index contributed by atoms with van der Waals surface area (Å²) < 4.78 is 54.7. The maximum atomic E-state index is 13.9.